The number of aliphatic carboxylic acids is 1. The molecular formula is C14H13I3O3. The molecule has 0 aliphatic carbocycles. The zero-order valence-corrected chi connectivity index (χ0v) is 17.2. The average Bonchev–Trinajstić information content (AvgIpc) is 2.38. The molecule has 0 aliphatic heterocycles. The van der Waals surface area contributed by atoms with Crippen molar-refractivity contribution in [1.82, 2.24) is 0 Å². The second kappa shape index (κ2) is 8.06. The quantitative estimate of drug-likeness (QED) is 0.220. The van der Waals surface area contributed by atoms with Crippen LogP contribution in [-0.2, 0) is 4.79 Å². The van der Waals surface area contributed by atoms with Gasteiger partial charge in [0.2, 0.25) is 0 Å². The van der Waals surface area contributed by atoms with Crippen LogP contribution in [0.15, 0.2) is 24.3 Å². The third-order valence-corrected chi connectivity index (χ3v) is 6.56. The van der Waals surface area contributed by atoms with E-state index in [4.69, 9.17) is 5.11 Å². The van der Waals surface area contributed by atoms with Gasteiger partial charge in [-0.1, -0.05) is 13.5 Å². The number of carbonyl (C=O) groups excluding carboxylic acids is 1. The molecule has 6 heteroatoms. The zero-order valence-electron chi connectivity index (χ0n) is 10.8. The van der Waals surface area contributed by atoms with E-state index in [9.17, 15) is 9.59 Å². The molecule has 0 fully saturated rings. The van der Waals surface area contributed by atoms with Crippen LogP contribution in [0.2, 0.25) is 0 Å². The molecule has 1 rings (SSSR count). The molecule has 1 aromatic rings. The Kier molecular flexibility index (Phi) is 7.39. The summed E-state index contributed by atoms with van der Waals surface area (Å²) < 4.78 is 3.04. The summed E-state index contributed by atoms with van der Waals surface area (Å²) in [6.45, 7) is 5.32. The Hall–Kier alpha value is 0.290. The van der Waals surface area contributed by atoms with Gasteiger partial charge in [0.15, 0.2) is 5.78 Å². The fourth-order valence-corrected chi connectivity index (χ4v) is 4.05. The van der Waals surface area contributed by atoms with E-state index in [1.54, 1.807) is 0 Å². The van der Waals surface area contributed by atoms with Crippen LogP contribution >= 0.6 is 67.8 Å². The summed E-state index contributed by atoms with van der Waals surface area (Å²) in [6, 6.07) is 3.91. The minimum atomic E-state index is -0.997. The number of hydrogen-bond acceptors (Lipinski definition) is 2. The van der Waals surface area contributed by atoms with Crippen LogP contribution in [0.4, 0.5) is 0 Å². The molecule has 0 amide bonds. The number of Topliss-reactive ketones (excluding diaryl/α,β-unsaturated/α-hetero) is 1. The predicted octanol–water partition coefficient (Wildman–Crippen LogP) is 4.74. The first-order valence-corrected chi connectivity index (χ1v) is 9.07. The lowest BCUT2D eigenvalue weighted by molar-refractivity contribution is -0.132. The number of hydrogen-bond donors (Lipinski definition) is 1. The Morgan fingerprint density at radius 1 is 1.30 bits per heavy atom. The van der Waals surface area contributed by atoms with Crippen molar-refractivity contribution in [3.05, 3.63) is 40.6 Å². The molecule has 0 bridgehead atoms. The molecular weight excluding hydrogens is 597 g/mol. The number of ketones is 1. The maximum absolute atomic E-state index is 12.5. The Labute approximate surface area is 159 Å². The van der Waals surface area contributed by atoms with E-state index in [0.717, 1.165) is 16.3 Å². The SMILES string of the molecule is C=C(CCC(C)C(=O)c1cc(I)cc(I)c1I)C(=O)O. The highest BCUT2D eigenvalue weighted by Crippen LogP contribution is 2.26. The monoisotopic (exact) mass is 610 g/mol. The van der Waals surface area contributed by atoms with E-state index in [0.29, 0.717) is 12.8 Å². The number of halogens is 3. The van der Waals surface area contributed by atoms with Crippen molar-refractivity contribution in [3.8, 4) is 0 Å². The van der Waals surface area contributed by atoms with Crippen molar-refractivity contribution in [3.63, 3.8) is 0 Å². The molecule has 0 aromatic heterocycles. The van der Waals surface area contributed by atoms with Crippen LogP contribution in [0.25, 0.3) is 0 Å². The molecule has 3 nitrogen and oxygen atoms in total. The molecule has 1 aromatic carbocycles. The van der Waals surface area contributed by atoms with Crippen molar-refractivity contribution in [1.29, 1.82) is 0 Å². The zero-order chi connectivity index (χ0) is 15.4. The summed E-state index contributed by atoms with van der Waals surface area (Å²) in [4.78, 5) is 23.2. The van der Waals surface area contributed by atoms with Crippen LogP contribution < -0.4 is 0 Å². The maximum atomic E-state index is 12.5. The van der Waals surface area contributed by atoms with Gasteiger partial charge in [0.25, 0.3) is 0 Å². The number of carboxylic acids is 1. The van der Waals surface area contributed by atoms with Gasteiger partial charge in [-0.25, -0.2) is 4.79 Å². The van der Waals surface area contributed by atoms with Gasteiger partial charge in [0, 0.05) is 27.8 Å². The number of carboxylic acid groups (broad SMARTS) is 1. The summed E-state index contributed by atoms with van der Waals surface area (Å²) in [5.41, 5.74) is 0.868. The second-order valence-corrected chi connectivity index (χ2v) is 7.95. The lowest BCUT2D eigenvalue weighted by atomic mass is 9.93. The minimum absolute atomic E-state index is 0.0593. The molecule has 108 valence electrons. The lowest BCUT2D eigenvalue weighted by Crippen LogP contribution is -2.15. The summed E-state index contributed by atoms with van der Waals surface area (Å²) in [5.74, 6) is -1.15. The smallest absolute Gasteiger partial charge is 0.330 e. The van der Waals surface area contributed by atoms with E-state index in [1.807, 2.05) is 19.1 Å². The van der Waals surface area contributed by atoms with Gasteiger partial charge in [-0.15, -0.1) is 0 Å². The van der Waals surface area contributed by atoms with Crippen molar-refractivity contribution in [2.24, 2.45) is 5.92 Å². The number of rotatable bonds is 6. The molecule has 20 heavy (non-hydrogen) atoms. The normalized spacial score (nSPS) is 12.0. The van der Waals surface area contributed by atoms with Crippen LogP contribution in [-0.4, -0.2) is 16.9 Å². The molecule has 0 aliphatic rings. The molecule has 0 spiro atoms. The summed E-state index contributed by atoms with van der Waals surface area (Å²) >= 11 is 6.59. The lowest BCUT2D eigenvalue weighted by Gasteiger charge is -2.13. The van der Waals surface area contributed by atoms with Gasteiger partial charge >= 0.3 is 5.97 Å². The number of benzene rings is 1. The Balaban J connectivity index is 2.85. The fourth-order valence-electron chi connectivity index (χ4n) is 1.63. The molecule has 1 atom stereocenters. The first-order chi connectivity index (χ1) is 9.23. The highest BCUT2D eigenvalue weighted by molar-refractivity contribution is 14.1. The van der Waals surface area contributed by atoms with Gasteiger partial charge < -0.3 is 5.11 Å². The van der Waals surface area contributed by atoms with E-state index in [1.165, 1.54) is 0 Å². The van der Waals surface area contributed by atoms with Crippen LogP contribution in [0, 0.1) is 16.6 Å². The van der Waals surface area contributed by atoms with Gasteiger partial charge in [-0.3, -0.25) is 4.79 Å². The van der Waals surface area contributed by atoms with Crippen molar-refractivity contribution >= 4 is 79.5 Å². The summed E-state index contributed by atoms with van der Waals surface area (Å²) in [7, 11) is 0. The predicted molar refractivity (Wildman–Crippen MR) is 104 cm³/mol. The molecule has 1 N–H and O–H groups in total. The van der Waals surface area contributed by atoms with Gasteiger partial charge in [-0.2, -0.15) is 0 Å². The standard InChI is InChI=1S/C14H13I3O3/c1-7(3-4-8(2)14(19)20)13(18)10-5-9(15)6-11(16)12(10)17/h5-7H,2-4H2,1H3,(H,19,20). The summed E-state index contributed by atoms with van der Waals surface area (Å²) in [5, 5.41) is 8.78. The van der Waals surface area contributed by atoms with Crippen LogP contribution in [0.5, 0.6) is 0 Å². The van der Waals surface area contributed by atoms with Crippen molar-refractivity contribution < 1.29 is 14.7 Å². The fraction of sp³-hybridized carbons (Fsp3) is 0.286. The van der Waals surface area contributed by atoms with E-state index >= 15 is 0 Å². The van der Waals surface area contributed by atoms with E-state index in [-0.39, 0.29) is 17.3 Å². The molecule has 0 heterocycles. The van der Waals surface area contributed by atoms with Crippen LogP contribution in [0.1, 0.15) is 30.1 Å². The van der Waals surface area contributed by atoms with Crippen molar-refractivity contribution in [2.45, 2.75) is 19.8 Å². The van der Waals surface area contributed by atoms with E-state index in [2.05, 4.69) is 74.4 Å². The Bertz CT molecular complexity index is 567. The highest BCUT2D eigenvalue weighted by atomic mass is 127. The first kappa shape index (κ1) is 18.3. The largest absolute Gasteiger partial charge is 0.478 e. The third kappa shape index (κ3) is 4.93. The Morgan fingerprint density at radius 3 is 2.45 bits per heavy atom. The minimum Gasteiger partial charge on any atom is -0.478 e. The summed E-state index contributed by atoms with van der Waals surface area (Å²) in [6.07, 6.45) is 0.835. The first-order valence-electron chi connectivity index (χ1n) is 5.83. The highest BCUT2D eigenvalue weighted by Gasteiger charge is 2.20. The van der Waals surface area contributed by atoms with Gasteiger partial charge in [0.05, 0.1) is 0 Å². The van der Waals surface area contributed by atoms with E-state index < -0.39 is 5.97 Å². The van der Waals surface area contributed by atoms with Crippen molar-refractivity contribution in [2.75, 3.05) is 0 Å². The van der Waals surface area contributed by atoms with Gasteiger partial charge in [0.1, 0.15) is 0 Å². The number of carbonyl (C=O) groups is 2. The molecule has 0 saturated carbocycles. The molecule has 1 unspecified atom stereocenters. The molecule has 0 saturated heterocycles. The Morgan fingerprint density at radius 2 is 1.90 bits per heavy atom. The second-order valence-electron chi connectivity index (χ2n) is 4.46. The van der Waals surface area contributed by atoms with Gasteiger partial charge in [-0.05, 0) is 92.7 Å². The average molecular weight is 610 g/mol. The van der Waals surface area contributed by atoms with Crippen LogP contribution in [0.3, 0.4) is 0 Å². The maximum Gasteiger partial charge on any atom is 0.330 e. The molecule has 0 radical (unpaired) electrons. The third-order valence-electron chi connectivity index (χ3n) is 2.89. The topological polar surface area (TPSA) is 54.4 Å².